The molecule has 0 spiro atoms. The van der Waals surface area contributed by atoms with Gasteiger partial charge in [-0.1, -0.05) is 12.2 Å². The Bertz CT molecular complexity index is 546. The van der Waals surface area contributed by atoms with Crippen molar-refractivity contribution in [3.8, 4) is 0 Å². The van der Waals surface area contributed by atoms with E-state index in [1.165, 1.54) is 17.1 Å². The maximum Gasteiger partial charge on any atom is 0.331 e. The molecule has 1 heterocycles. The molecule has 0 unspecified atom stereocenters. The zero-order valence-electron chi connectivity index (χ0n) is 11.7. The van der Waals surface area contributed by atoms with Gasteiger partial charge in [-0.15, -0.1) is 0 Å². The summed E-state index contributed by atoms with van der Waals surface area (Å²) < 4.78 is 1.33. The average Bonchev–Trinajstić information content (AvgIpc) is 3.00. The zero-order chi connectivity index (χ0) is 14.8. The molecule has 2 N–H and O–H groups in total. The van der Waals surface area contributed by atoms with Gasteiger partial charge in [-0.25, -0.2) is 4.79 Å². The first kappa shape index (κ1) is 14.3. The van der Waals surface area contributed by atoms with Crippen molar-refractivity contribution in [2.24, 2.45) is 5.92 Å². The number of anilines is 1. The fraction of sp³-hybridized carbons (Fsp3) is 0.500. The van der Waals surface area contributed by atoms with Crippen LogP contribution in [0.2, 0.25) is 0 Å². The summed E-state index contributed by atoms with van der Waals surface area (Å²) in [6.45, 7) is 3.11. The third kappa shape index (κ3) is 3.07. The minimum Gasteiger partial charge on any atom is -0.479 e. The highest BCUT2D eigenvalue weighted by molar-refractivity contribution is 5.90. The first-order chi connectivity index (χ1) is 9.39. The maximum atomic E-state index is 11.9. The lowest BCUT2D eigenvalue weighted by Crippen LogP contribution is -2.35. The number of carbonyl (C=O) groups excluding carboxylic acids is 1. The normalized spacial score (nSPS) is 18.2. The van der Waals surface area contributed by atoms with Crippen molar-refractivity contribution >= 4 is 17.6 Å². The lowest BCUT2D eigenvalue weighted by atomic mass is 10.1. The van der Waals surface area contributed by atoms with Crippen molar-refractivity contribution < 1.29 is 14.7 Å². The van der Waals surface area contributed by atoms with Crippen molar-refractivity contribution in [3.05, 3.63) is 24.5 Å². The molecule has 0 saturated heterocycles. The Morgan fingerprint density at radius 1 is 1.55 bits per heavy atom. The highest BCUT2D eigenvalue weighted by Crippen LogP contribution is 2.21. The highest BCUT2D eigenvalue weighted by Gasteiger charge is 2.30. The average molecular weight is 277 g/mol. The summed E-state index contributed by atoms with van der Waals surface area (Å²) in [4.78, 5) is 23.0. The van der Waals surface area contributed by atoms with Crippen molar-refractivity contribution in [2.45, 2.75) is 38.6 Å². The molecule has 108 valence electrons. The van der Waals surface area contributed by atoms with Crippen LogP contribution in [0, 0.1) is 5.92 Å². The number of aromatic nitrogens is 2. The Hall–Kier alpha value is -2.11. The Balaban J connectivity index is 1.97. The third-order valence-corrected chi connectivity index (χ3v) is 3.52. The number of amides is 1. The third-order valence-electron chi connectivity index (χ3n) is 3.52. The Kier molecular flexibility index (Phi) is 3.92. The molecule has 0 aliphatic heterocycles. The summed E-state index contributed by atoms with van der Waals surface area (Å²) in [5.41, 5.74) is -0.622. The molecule has 1 atom stereocenters. The minimum absolute atomic E-state index is 0.0748. The van der Waals surface area contributed by atoms with Crippen molar-refractivity contribution in [1.82, 2.24) is 9.78 Å². The van der Waals surface area contributed by atoms with Crippen molar-refractivity contribution in [2.75, 3.05) is 5.32 Å². The number of carboxylic acids is 1. The first-order valence-corrected chi connectivity index (χ1v) is 6.64. The molecule has 0 saturated carbocycles. The SMILES string of the molecule is CC(C)(C(=O)O)n1cc(NC(=O)C[C@H]2C=CCC2)cn1. The molecule has 0 radical (unpaired) electrons. The van der Waals surface area contributed by atoms with Crippen LogP contribution in [0.3, 0.4) is 0 Å². The monoisotopic (exact) mass is 277 g/mol. The number of carboxylic acid groups (broad SMARTS) is 1. The van der Waals surface area contributed by atoms with Gasteiger partial charge in [-0.05, 0) is 32.6 Å². The summed E-state index contributed by atoms with van der Waals surface area (Å²) in [6, 6.07) is 0. The van der Waals surface area contributed by atoms with E-state index in [1.807, 2.05) is 0 Å². The minimum atomic E-state index is -1.14. The molecule has 0 aromatic carbocycles. The highest BCUT2D eigenvalue weighted by atomic mass is 16.4. The van der Waals surface area contributed by atoms with Crippen LogP contribution in [0.4, 0.5) is 5.69 Å². The predicted octanol–water partition coefficient (Wildman–Crippen LogP) is 2.00. The first-order valence-electron chi connectivity index (χ1n) is 6.64. The van der Waals surface area contributed by atoms with Gasteiger partial charge in [0.15, 0.2) is 5.54 Å². The molecule has 1 aromatic rings. The smallest absolute Gasteiger partial charge is 0.331 e. The van der Waals surface area contributed by atoms with E-state index < -0.39 is 11.5 Å². The van der Waals surface area contributed by atoms with Crippen LogP contribution < -0.4 is 5.32 Å². The molecule has 1 aliphatic rings. The molecule has 6 heteroatoms. The Morgan fingerprint density at radius 2 is 2.30 bits per heavy atom. The van der Waals surface area contributed by atoms with E-state index in [4.69, 9.17) is 5.11 Å². The number of rotatable bonds is 5. The van der Waals surface area contributed by atoms with E-state index >= 15 is 0 Å². The van der Waals surface area contributed by atoms with Gasteiger partial charge >= 0.3 is 5.97 Å². The van der Waals surface area contributed by atoms with Gasteiger partial charge < -0.3 is 10.4 Å². The number of aliphatic carboxylic acids is 1. The van der Waals surface area contributed by atoms with Crippen LogP contribution in [0.15, 0.2) is 24.5 Å². The van der Waals surface area contributed by atoms with E-state index in [9.17, 15) is 9.59 Å². The lowest BCUT2D eigenvalue weighted by Gasteiger charge is -2.19. The van der Waals surface area contributed by atoms with E-state index in [-0.39, 0.29) is 5.91 Å². The second-order valence-corrected chi connectivity index (χ2v) is 5.56. The largest absolute Gasteiger partial charge is 0.479 e. The van der Waals surface area contributed by atoms with Gasteiger partial charge in [-0.3, -0.25) is 9.48 Å². The fourth-order valence-corrected chi connectivity index (χ4v) is 2.11. The van der Waals surface area contributed by atoms with E-state index in [1.54, 1.807) is 13.8 Å². The van der Waals surface area contributed by atoms with Crippen LogP contribution in [-0.4, -0.2) is 26.8 Å². The number of nitrogens with one attached hydrogen (secondary N) is 1. The molecule has 20 heavy (non-hydrogen) atoms. The fourth-order valence-electron chi connectivity index (χ4n) is 2.11. The molecular formula is C14H19N3O3. The quantitative estimate of drug-likeness (QED) is 0.806. The van der Waals surface area contributed by atoms with E-state index in [2.05, 4.69) is 22.6 Å². The summed E-state index contributed by atoms with van der Waals surface area (Å²) in [5.74, 6) is -0.746. The molecule has 1 amide bonds. The van der Waals surface area contributed by atoms with E-state index in [0.717, 1.165) is 12.8 Å². The molecule has 1 aromatic heterocycles. The number of allylic oxidation sites excluding steroid dienone is 2. The van der Waals surface area contributed by atoms with Gasteiger partial charge in [0.2, 0.25) is 5.91 Å². The van der Waals surface area contributed by atoms with Gasteiger partial charge in [0.05, 0.1) is 11.9 Å². The van der Waals surface area contributed by atoms with Gasteiger partial charge in [0.25, 0.3) is 0 Å². The predicted molar refractivity (Wildman–Crippen MR) is 74.3 cm³/mol. The second kappa shape index (κ2) is 5.48. The van der Waals surface area contributed by atoms with Gasteiger partial charge in [-0.2, -0.15) is 5.10 Å². The molecular weight excluding hydrogens is 258 g/mol. The Morgan fingerprint density at radius 3 is 2.90 bits per heavy atom. The summed E-state index contributed by atoms with van der Waals surface area (Å²) in [6.07, 6.45) is 9.65. The molecule has 2 rings (SSSR count). The zero-order valence-corrected chi connectivity index (χ0v) is 11.7. The van der Waals surface area contributed by atoms with Crippen molar-refractivity contribution in [3.63, 3.8) is 0 Å². The van der Waals surface area contributed by atoms with Crippen LogP contribution in [0.25, 0.3) is 0 Å². The summed E-state index contributed by atoms with van der Waals surface area (Å²) >= 11 is 0. The van der Waals surface area contributed by atoms with Crippen molar-refractivity contribution in [1.29, 1.82) is 0 Å². The number of nitrogens with zero attached hydrogens (tertiary/aromatic N) is 2. The number of hydrogen-bond donors (Lipinski definition) is 2. The topological polar surface area (TPSA) is 84.2 Å². The van der Waals surface area contributed by atoms with Crippen LogP contribution in [0.5, 0.6) is 0 Å². The molecule has 1 aliphatic carbocycles. The summed E-state index contributed by atoms with van der Waals surface area (Å²) in [5, 5.41) is 15.9. The standard InChI is InChI=1S/C14H19N3O3/c1-14(2,13(19)20)17-9-11(8-15-17)16-12(18)7-10-5-3-4-6-10/h3,5,8-10H,4,6-7H2,1-2H3,(H,16,18)(H,19,20)/t10-/m0/s1. The van der Waals surface area contributed by atoms with E-state index in [0.29, 0.717) is 18.0 Å². The van der Waals surface area contributed by atoms with Crippen LogP contribution in [0.1, 0.15) is 33.1 Å². The molecule has 0 bridgehead atoms. The molecule has 6 nitrogen and oxygen atoms in total. The summed E-state index contributed by atoms with van der Waals surface area (Å²) in [7, 11) is 0. The second-order valence-electron chi connectivity index (χ2n) is 5.56. The Labute approximate surface area is 117 Å². The van der Waals surface area contributed by atoms with Gasteiger partial charge in [0, 0.05) is 12.6 Å². The maximum absolute atomic E-state index is 11.9. The lowest BCUT2D eigenvalue weighted by molar-refractivity contribution is -0.146. The van der Waals surface area contributed by atoms with Gasteiger partial charge in [0.1, 0.15) is 0 Å². The number of carbonyl (C=O) groups is 2. The number of hydrogen-bond acceptors (Lipinski definition) is 3. The van der Waals surface area contributed by atoms with Crippen LogP contribution >= 0.6 is 0 Å². The molecule has 0 fully saturated rings. The van der Waals surface area contributed by atoms with Crippen LogP contribution in [-0.2, 0) is 15.1 Å².